The van der Waals surface area contributed by atoms with Gasteiger partial charge in [0.2, 0.25) is 7.37 Å². The van der Waals surface area contributed by atoms with Crippen molar-refractivity contribution < 1.29 is 14.3 Å². The molecule has 0 aliphatic rings. The van der Waals surface area contributed by atoms with Gasteiger partial charge in [-0.05, 0) is 33.1 Å². The van der Waals surface area contributed by atoms with Crippen molar-refractivity contribution in [3.8, 4) is 0 Å². The minimum Gasteiger partial charge on any atom is -0.328 e. The molecular weight excluding hydrogens is 237 g/mol. The van der Waals surface area contributed by atoms with Crippen LogP contribution in [0.2, 0.25) is 0 Å². The van der Waals surface area contributed by atoms with E-state index in [9.17, 15) is 9.77 Å². The lowest BCUT2D eigenvalue weighted by molar-refractivity contribution is -0.239. The molecule has 17 heavy (non-hydrogen) atoms. The van der Waals surface area contributed by atoms with E-state index in [1.807, 2.05) is 41.5 Å². The highest BCUT2D eigenvalue weighted by molar-refractivity contribution is 7.58. The smallest absolute Gasteiger partial charge is 0.219 e. The summed E-state index contributed by atoms with van der Waals surface area (Å²) in [5.74, 6) is -0.630. The largest absolute Gasteiger partial charge is 0.328 e. The number of rotatable bonds is 4. The van der Waals surface area contributed by atoms with Gasteiger partial charge >= 0.3 is 0 Å². The zero-order chi connectivity index (χ0) is 14.1. The Balaban J connectivity index is 5.39. The van der Waals surface area contributed by atoms with Crippen LogP contribution in [0, 0.1) is 5.41 Å². The van der Waals surface area contributed by atoms with Crippen LogP contribution in [0.3, 0.4) is 0 Å². The van der Waals surface area contributed by atoms with Gasteiger partial charge in [0.25, 0.3) is 0 Å². The third kappa shape index (κ3) is 4.70. The predicted octanol–water partition coefficient (Wildman–Crippen LogP) is 3.75. The maximum absolute atomic E-state index is 12.6. The fourth-order valence-electron chi connectivity index (χ4n) is 1.94. The number of hydrogen-bond acceptors (Lipinski definition) is 3. The van der Waals surface area contributed by atoms with Crippen molar-refractivity contribution in [2.45, 2.75) is 59.8 Å². The first-order chi connectivity index (χ1) is 7.34. The van der Waals surface area contributed by atoms with Crippen LogP contribution in [0.1, 0.15) is 48.5 Å². The van der Waals surface area contributed by atoms with Crippen molar-refractivity contribution in [3.05, 3.63) is 0 Å². The highest BCUT2D eigenvalue weighted by atomic mass is 31.2. The van der Waals surface area contributed by atoms with E-state index in [0.717, 1.165) is 5.06 Å². The van der Waals surface area contributed by atoms with E-state index in [1.54, 1.807) is 13.6 Å². The Hall–Kier alpha value is 0.110. The molecule has 1 unspecified atom stereocenters. The lowest BCUT2D eigenvalue weighted by Crippen LogP contribution is -2.50. The van der Waals surface area contributed by atoms with Crippen LogP contribution in [-0.4, -0.2) is 29.7 Å². The lowest BCUT2D eigenvalue weighted by atomic mass is 9.94. The molecule has 0 aliphatic carbocycles. The highest BCUT2D eigenvalue weighted by Crippen LogP contribution is 2.56. The summed E-state index contributed by atoms with van der Waals surface area (Å²) in [7, 11) is -2.96. The molecule has 4 nitrogen and oxygen atoms in total. The van der Waals surface area contributed by atoms with Gasteiger partial charge in [-0.2, -0.15) is 0 Å². The van der Waals surface area contributed by atoms with Gasteiger partial charge in [-0.1, -0.05) is 20.8 Å². The first-order valence-electron chi connectivity index (χ1n) is 6.02. The van der Waals surface area contributed by atoms with Crippen LogP contribution < -0.4 is 0 Å². The van der Waals surface area contributed by atoms with E-state index in [1.165, 1.54) is 0 Å². The summed E-state index contributed by atoms with van der Waals surface area (Å²) >= 11 is 0. The van der Waals surface area contributed by atoms with Gasteiger partial charge in [-0.25, -0.2) is 0 Å². The molecule has 0 spiro atoms. The van der Waals surface area contributed by atoms with Crippen LogP contribution in [0.4, 0.5) is 0 Å². The molecule has 2 atom stereocenters. The van der Waals surface area contributed by atoms with Gasteiger partial charge < -0.3 is 4.52 Å². The molecule has 0 bridgehead atoms. The average molecular weight is 264 g/mol. The maximum Gasteiger partial charge on any atom is 0.219 e. The fraction of sp³-hybridized carbons (Fsp3) is 1.00. The highest BCUT2D eigenvalue weighted by Gasteiger charge is 2.47. The van der Waals surface area contributed by atoms with Crippen LogP contribution in [0.25, 0.3) is 0 Å². The molecule has 0 rings (SSSR count). The van der Waals surface area contributed by atoms with E-state index in [2.05, 4.69) is 0 Å². The van der Waals surface area contributed by atoms with Crippen molar-refractivity contribution >= 4 is 7.37 Å². The van der Waals surface area contributed by atoms with E-state index >= 15 is 0 Å². The van der Waals surface area contributed by atoms with Gasteiger partial charge in [-0.15, -0.1) is 10.3 Å². The first-order valence-corrected chi connectivity index (χ1v) is 8.16. The van der Waals surface area contributed by atoms with Crippen molar-refractivity contribution in [3.63, 3.8) is 0 Å². The molecule has 5 heteroatoms. The summed E-state index contributed by atoms with van der Waals surface area (Å²) in [6.07, 6.45) is 0. The van der Waals surface area contributed by atoms with E-state index in [4.69, 9.17) is 4.52 Å². The third-order valence-electron chi connectivity index (χ3n) is 2.49. The summed E-state index contributed by atoms with van der Waals surface area (Å²) in [4.78, 5) is 0. The maximum atomic E-state index is 12.6. The Bertz CT molecular complexity index is 291. The molecular formula is C12H27NO3P. The Kier molecular flexibility index (Phi) is 5.43. The predicted molar refractivity (Wildman–Crippen MR) is 70.7 cm³/mol. The van der Waals surface area contributed by atoms with Crippen LogP contribution in [0.5, 0.6) is 0 Å². The molecule has 0 heterocycles. The SMILES string of the molecule is CCOP(C)(=O)[C@H](N([O])C(C)(C)C)C(C)(C)C. The first kappa shape index (κ1) is 17.1. The standard InChI is InChI=1S/C12H27NO3P/c1-9-16-17(8,15)10(11(2,3)4)13(14)12(5,6)7/h10H,9H2,1-8H3/t10-,17?/m0/s1. The number of hydroxylamine groups is 2. The monoisotopic (exact) mass is 264 g/mol. The van der Waals surface area contributed by atoms with Crippen molar-refractivity contribution in [2.24, 2.45) is 5.41 Å². The summed E-state index contributed by atoms with van der Waals surface area (Å²) in [5, 5.41) is 13.3. The molecule has 0 fully saturated rings. The van der Waals surface area contributed by atoms with Crippen molar-refractivity contribution in [1.82, 2.24) is 5.06 Å². The summed E-state index contributed by atoms with van der Waals surface area (Å²) in [6, 6.07) is 0. The molecule has 0 N–H and O–H groups in total. The van der Waals surface area contributed by atoms with Crippen LogP contribution >= 0.6 is 7.37 Å². The van der Waals surface area contributed by atoms with Gasteiger partial charge in [-0.3, -0.25) is 4.57 Å². The molecule has 1 radical (unpaired) electrons. The molecule has 0 aromatic carbocycles. The second kappa shape index (κ2) is 5.40. The zero-order valence-corrected chi connectivity index (χ0v) is 13.3. The molecule has 103 valence electrons. The second-order valence-corrected chi connectivity index (χ2v) is 9.13. The average Bonchev–Trinajstić information content (AvgIpc) is 1.97. The van der Waals surface area contributed by atoms with Gasteiger partial charge in [0, 0.05) is 12.2 Å². The quantitative estimate of drug-likeness (QED) is 0.574. The Morgan fingerprint density at radius 2 is 1.59 bits per heavy atom. The zero-order valence-electron chi connectivity index (χ0n) is 12.4. The molecule has 0 aliphatic heterocycles. The Labute approximate surface area is 106 Å². The Morgan fingerprint density at radius 1 is 1.18 bits per heavy atom. The van der Waals surface area contributed by atoms with Gasteiger partial charge in [0.05, 0.1) is 6.61 Å². The van der Waals surface area contributed by atoms with E-state index in [-0.39, 0.29) is 0 Å². The molecule has 0 saturated carbocycles. The summed E-state index contributed by atoms with van der Waals surface area (Å²) < 4.78 is 17.9. The van der Waals surface area contributed by atoms with Crippen LogP contribution in [0.15, 0.2) is 0 Å². The number of nitrogens with zero attached hydrogens (tertiary/aromatic N) is 1. The number of hydrogen-bond donors (Lipinski definition) is 0. The van der Waals surface area contributed by atoms with Gasteiger partial charge in [0.15, 0.2) is 0 Å². The normalized spacial score (nSPS) is 19.2. The van der Waals surface area contributed by atoms with E-state index in [0.29, 0.717) is 6.61 Å². The van der Waals surface area contributed by atoms with Crippen molar-refractivity contribution in [2.75, 3.05) is 13.3 Å². The Morgan fingerprint density at radius 3 is 1.82 bits per heavy atom. The topological polar surface area (TPSA) is 49.4 Å². The van der Waals surface area contributed by atoms with Crippen molar-refractivity contribution in [1.29, 1.82) is 0 Å². The summed E-state index contributed by atoms with van der Waals surface area (Å²) in [6.45, 7) is 14.9. The molecule has 0 aromatic rings. The molecule has 0 aromatic heterocycles. The second-order valence-electron chi connectivity index (χ2n) is 6.56. The molecule has 0 amide bonds. The summed E-state index contributed by atoms with van der Waals surface area (Å²) in [5.41, 5.74) is -0.977. The van der Waals surface area contributed by atoms with Gasteiger partial charge in [0.1, 0.15) is 5.78 Å². The fourth-order valence-corrected chi connectivity index (χ4v) is 4.73. The minimum absolute atomic E-state index is 0.359. The lowest BCUT2D eigenvalue weighted by Gasteiger charge is -2.43. The van der Waals surface area contributed by atoms with E-state index < -0.39 is 24.1 Å². The third-order valence-corrected chi connectivity index (χ3v) is 5.13. The molecule has 0 saturated heterocycles. The van der Waals surface area contributed by atoms with Crippen LogP contribution in [-0.2, 0) is 14.3 Å². The minimum atomic E-state index is -2.96.